The number of rotatable bonds is 4. The molecule has 124 valence electrons. The van der Waals surface area contributed by atoms with E-state index in [1.54, 1.807) is 27.7 Å². The molecule has 0 aromatic carbocycles. The van der Waals surface area contributed by atoms with Gasteiger partial charge in [-0.2, -0.15) is 4.80 Å². The number of tetrazole rings is 1. The van der Waals surface area contributed by atoms with Crippen molar-refractivity contribution in [1.82, 2.24) is 25.5 Å². The molecular weight excluding hydrogens is 286 g/mol. The van der Waals surface area contributed by atoms with Gasteiger partial charge in [-0.3, -0.25) is 4.79 Å². The Balaban J connectivity index is 2.64. The summed E-state index contributed by atoms with van der Waals surface area (Å²) in [5.74, 6) is 0.330. The van der Waals surface area contributed by atoms with Crippen molar-refractivity contribution in [2.24, 2.45) is 5.41 Å². The number of amides is 1. The summed E-state index contributed by atoms with van der Waals surface area (Å²) in [6.45, 7) is 12.6. The molecule has 0 saturated heterocycles. The van der Waals surface area contributed by atoms with Crippen LogP contribution in [0.5, 0.6) is 0 Å². The number of carbonyl (C=O) groups is 2. The van der Waals surface area contributed by atoms with Crippen LogP contribution in [0.2, 0.25) is 0 Å². The van der Waals surface area contributed by atoms with Gasteiger partial charge in [-0.05, 0) is 32.9 Å². The van der Waals surface area contributed by atoms with Crippen LogP contribution in [0.3, 0.4) is 0 Å². The molecule has 1 atom stereocenters. The molecule has 1 amide bonds. The molecule has 1 N–H and O–H groups in total. The van der Waals surface area contributed by atoms with Gasteiger partial charge in [-0.25, -0.2) is 4.79 Å². The fourth-order valence-electron chi connectivity index (χ4n) is 1.41. The van der Waals surface area contributed by atoms with Gasteiger partial charge in [-0.1, -0.05) is 20.8 Å². The zero-order chi connectivity index (χ0) is 17.1. The van der Waals surface area contributed by atoms with Crippen LogP contribution >= 0.6 is 0 Å². The van der Waals surface area contributed by atoms with Crippen molar-refractivity contribution in [2.45, 2.75) is 66.7 Å². The standard InChI is InChI=1S/C14H25N5O3/c1-9(15-12(21)22-14(5,6)7)11-16-18-19(17-11)8-10(20)13(2,3)4/h9H,8H2,1-7H3,(H,15,21). The first kappa shape index (κ1) is 18.1. The summed E-state index contributed by atoms with van der Waals surface area (Å²) in [5, 5.41) is 14.4. The Labute approximate surface area is 130 Å². The number of Topliss-reactive ketones (excluding diaryl/α,β-unsaturated/α-hetero) is 1. The van der Waals surface area contributed by atoms with Crippen LogP contribution in [-0.4, -0.2) is 37.7 Å². The summed E-state index contributed by atoms with van der Waals surface area (Å²) in [6.07, 6.45) is -0.554. The second kappa shape index (κ2) is 6.41. The molecule has 0 aliphatic heterocycles. The van der Waals surface area contributed by atoms with Gasteiger partial charge in [0.2, 0.25) is 0 Å². The van der Waals surface area contributed by atoms with Crippen LogP contribution in [-0.2, 0) is 16.1 Å². The molecule has 0 fully saturated rings. The SMILES string of the molecule is CC(NC(=O)OC(C)(C)C)c1nnn(CC(=O)C(C)(C)C)n1. The number of aromatic nitrogens is 4. The zero-order valence-electron chi connectivity index (χ0n) is 14.3. The van der Waals surface area contributed by atoms with E-state index < -0.39 is 23.2 Å². The molecule has 8 heteroatoms. The van der Waals surface area contributed by atoms with Crippen molar-refractivity contribution in [1.29, 1.82) is 0 Å². The number of carbonyl (C=O) groups excluding carboxylic acids is 2. The number of ether oxygens (including phenoxy) is 1. The Hall–Kier alpha value is -1.99. The topological polar surface area (TPSA) is 99.0 Å². The van der Waals surface area contributed by atoms with Crippen LogP contribution in [0.4, 0.5) is 4.79 Å². The second-order valence-electron chi connectivity index (χ2n) is 7.22. The molecule has 0 spiro atoms. The molecule has 0 saturated carbocycles. The van der Waals surface area contributed by atoms with E-state index in [1.165, 1.54) is 4.80 Å². The molecule has 1 aromatic rings. The van der Waals surface area contributed by atoms with E-state index in [0.717, 1.165) is 0 Å². The Bertz CT molecular complexity index is 539. The molecule has 1 unspecified atom stereocenters. The molecule has 1 heterocycles. The van der Waals surface area contributed by atoms with Crippen LogP contribution in [0, 0.1) is 5.41 Å². The van der Waals surface area contributed by atoms with Gasteiger partial charge < -0.3 is 10.1 Å². The number of hydrogen-bond donors (Lipinski definition) is 1. The average molecular weight is 311 g/mol. The third-order valence-corrected chi connectivity index (χ3v) is 2.71. The van der Waals surface area contributed by atoms with Crippen LogP contribution < -0.4 is 5.32 Å². The Kier molecular flexibility index (Phi) is 5.26. The summed E-state index contributed by atoms with van der Waals surface area (Å²) in [6, 6.07) is -0.465. The highest BCUT2D eigenvalue weighted by molar-refractivity contribution is 5.83. The van der Waals surface area contributed by atoms with E-state index in [2.05, 4.69) is 20.7 Å². The van der Waals surface area contributed by atoms with Crippen LogP contribution in [0.25, 0.3) is 0 Å². The van der Waals surface area contributed by atoms with Crippen molar-refractivity contribution < 1.29 is 14.3 Å². The van der Waals surface area contributed by atoms with E-state index in [4.69, 9.17) is 4.74 Å². The third-order valence-electron chi connectivity index (χ3n) is 2.71. The van der Waals surface area contributed by atoms with E-state index in [9.17, 15) is 9.59 Å². The average Bonchev–Trinajstić information content (AvgIpc) is 2.73. The monoisotopic (exact) mass is 311 g/mol. The van der Waals surface area contributed by atoms with Crippen LogP contribution in [0.15, 0.2) is 0 Å². The fraction of sp³-hybridized carbons (Fsp3) is 0.786. The number of nitrogens with one attached hydrogen (secondary N) is 1. The molecule has 0 radical (unpaired) electrons. The summed E-state index contributed by atoms with van der Waals surface area (Å²) >= 11 is 0. The molecule has 0 bridgehead atoms. The van der Waals surface area contributed by atoms with E-state index in [0.29, 0.717) is 5.82 Å². The minimum atomic E-state index is -0.575. The summed E-state index contributed by atoms with van der Waals surface area (Å²) < 4.78 is 5.16. The smallest absolute Gasteiger partial charge is 0.408 e. The van der Waals surface area contributed by atoms with Gasteiger partial charge >= 0.3 is 6.09 Å². The van der Waals surface area contributed by atoms with E-state index in [1.807, 2.05) is 20.8 Å². The second-order valence-corrected chi connectivity index (χ2v) is 7.22. The van der Waals surface area contributed by atoms with Crippen molar-refractivity contribution in [3.05, 3.63) is 5.82 Å². The predicted octanol–water partition coefficient (Wildman–Crippen LogP) is 1.87. The molecule has 1 aromatic heterocycles. The lowest BCUT2D eigenvalue weighted by atomic mass is 9.91. The van der Waals surface area contributed by atoms with E-state index in [-0.39, 0.29) is 12.3 Å². The van der Waals surface area contributed by atoms with Crippen LogP contribution in [0.1, 0.15) is 60.3 Å². The Morgan fingerprint density at radius 2 is 1.82 bits per heavy atom. The summed E-state index contributed by atoms with van der Waals surface area (Å²) in [5.41, 5.74) is -1.04. The highest BCUT2D eigenvalue weighted by Crippen LogP contribution is 2.15. The predicted molar refractivity (Wildman–Crippen MR) is 80.1 cm³/mol. The lowest BCUT2D eigenvalue weighted by Crippen LogP contribution is -2.34. The summed E-state index contributed by atoms with van der Waals surface area (Å²) in [7, 11) is 0. The molecule has 0 aliphatic rings. The van der Waals surface area contributed by atoms with Gasteiger partial charge in [-0.15, -0.1) is 10.2 Å². The number of nitrogens with zero attached hydrogens (tertiary/aromatic N) is 4. The van der Waals surface area contributed by atoms with Crippen molar-refractivity contribution >= 4 is 11.9 Å². The normalized spacial score (nSPS) is 13.6. The highest BCUT2D eigenvalue weighted by atomic mass is 16.6. The van der Waals surface area contributed by atoms with Gasteiger partial charge in [0.1, 0.15) is 12.1 Å². The Morgan fingerprint density at radius 3 is 2.32 bits per heavy atom. The molecule has 1 rings (SSSR count). The number of ketones is 1. The van der Waals surface area contributed by atoms with Gasteiger partial charge in [0.15, 0.2) is 11.6 Å². The first-order chi connectivity index (χ1) is 9.88. The quantitative estimate of drug-likeness (QED) is 0.911. The maximum atomic E-state index is 11.9. The third kappa shape index (κ3) is 5.79. The molecular formula is C14H25N5O3. The first-order valence-electron chi connectivity index (χ1n) is 7.19. The minimum absolute atomic E-state index is 0.00389. The largest absolute Gasteiger partial charge is 0.444 e. The first-order valence-corrected chi connectivity index (χ1v) is 7.19. The minimum Gasteiger partial charge on any atom is -0.444 e. The highest BCUT2D eigenvalue weighted by Gasteiger charge is 2.24. The van der Waals surface area contributed by atoms with Gasteiger partial charge in [0, 0.05) is 5.41 Å². The lowest BCUT2D eigenvalue weighted by Gasteiger charge is -2.20. The molecule has 0 aliphatic carbocycles. The molecule has 22 heavy (non-hydrogen) atoms. The zero-order valence-corrected chi connectivity index (χ0v) is 14.3. The van der Waals surface area contributed by atoms with Crippen molar-refractivity contribution in [2.75, 3.05) is 0 Å². The summed E-state index contributed by atoms with van der Waals surface area (Å²) in [4.78, 5) is 24.8. The fourth-order valence-corrected chi connectivity index (χ4v) is 1.41. The number of alkyl carbamates (subject to hydrolysis) is 1. The van der Waals surface area contributed by atoms with Gasteiger partial charge in [0.25, 0.3) is 0 Å². The molecule has 8 nitrogen and oxygen atoms in total. The van der Waals surface area contributed by atoms with Crippen molar-refractivity contribution in [3.8, 4) is 0 Å². The lowest BCUT2D eigenvalue weighted by molar-refractivity contribution is -0.127. The Morgan fingerprint density at radius 1 is 1.23 bits per heavy atom. The van der Waals surface area contributed by atoms with Gasteiger partial charge in [0.05, 0.1) is 6.04 Å². The maximum Gasteiger partial charge on any atom is 0.408 e. The number of hydrogen-bond acceptors (Lipinski definition) is 6. The maximum absolute atomic E-state index is 11.9. The van der Waals surface area contributed by atoms with E-state index >= 15 is 0 Å². The van der Waals surface area contributed by atoms with Crippen molar-refractivity contribution in [3.63, 3.8) is 0 Å².